The SMILES string of the molecule is CCCCC(CC)COC(=O)C[S][Sn]([CH2]CCC)([CH2]CCC)[S][Sn]([CH2]CCC)([S]CC(=O)OCC(CC)CCCC)[S]CC(=O)OCC(CC)CCCC. The minimum atomic E-state index is -3.44. The maximum atomic E-state index is 13.5. The van der Waals surface area contributed by atoms with Crippen molar-refractivity contribution < 1.29 is 28.6 Å². The second kappa shape index (κ2) is 36.3. The quantitative estimate of drug-likeness (QED) is 0.0339. The number of ether oxygens (including phenoxy) is 3. The summed E-state index contributed by atoms with van der Waals surface area (Å²) in [4.78, 5) is 40.3. The second-order valence-electron chi connectivity index (χ2n) is 15.2. The third kappa shape index (κ3) is 27.2. The Labute approximate surface area is 352 Å². The molecule has 0 bridgehead atoms. The minimum absolute atomic E-state index is 0.0615. The fourth-order valence-electron chi connectivity index (χ4n) is 6.25. The van der Waals surface area contributed by atoms with Gasteiger partial charge in [-0.2, -0.15) is 0 Å². The molecule has 0 radical (unpaired) electrons. The molecule has 0 aliphatic carbocycles. The van der Waals surface area contributed by atoms with Crippen molar-refractivity contribution in [3.05, 3.63) is 0 Å². The fraction of sp³-hybridized carbons (Fsp3) is 0.929. The van der Waals surface area contributed by atoms with E-state index >= 15 is 0 Å². The van der Waals surface area contributed by atoms with Gasteiger partial charge in [0.15, 0.2) is 0 Å². The molecule has 3 unspecified atom stereocenters. The molecule has 3 atom stereocenters. The molecule has 0 aromatic carbocycles. The number of esters is 3. The van der Waals surface area contributed by atoms with Crippen LogP contribution in [0.5, 0.6) is 0 Å². The number of rotatable bonds is 38. The number of hydrogen-bond acceptors (Lipinski definition) is 10. The zero-order chi connectivity index (χ0) is 40.5. The number of carbonyl (C=O) groups is 3. The number of unbranched alkanes of at least 4 members (excludes halogenated alkanes) is 6. The van der Waals surface area contributed by atoms with E-state index < -0.39 is 29.8 Å². The van der Waals surface area contributed by atoms with E-state index in [0.29, 0.717) is 54.8 Å². The fourth-order valence-corrected chi connectivity index (χ4v) is 216. The Kier molecular flexibility index (Phi) is 37.2. The van der Waals surface area contributed by atoms with Crippen molar-refractivity contribution >= 4 is 80.7 Å². The van der Waals surface area contributed by atoms with Gasteiger partial charge in [0, 0.05) is 0 Å². The van der Waals surface area contributed by atoms with E-state index in [1.807, 2.05) is 26.8 Å². The van der Waals surface area contributed by atoms with Crippen molar-refractivity contribution in [3.63, 3.8) is 0 Å². The van der Waals surface area contributed by atoms with E-state index in [2.05, 4.69) is 68.4 Å². The first-order chi connectivity index (χ1) is 26.0. The third-order valence-corrected chi connectivity index (χ3v) is 139. The monoisotopic (exact) mass is 1050 g/mol. The van der Waals surface area contributed by atoms with E-state index in [4.69, 9.17) is 14.2 Å². The summed E-state index contributed by atoms with van der Waals surface area (Å²) in [6.07, 6.45) is 22.5. The van der Waals surface area contributed by atoms with Crippen molar-refractivity contribution in [3.8, 4) is 0 Å². The summed E-state index contributed by atoms with van der Waals surface area (Å²) < 4.78 is 21.4. The summed E-state index contributed by atoms with van der Waals surface area (Å²) in [5.74, 6) is 2.15. The Balaban J connectivity index is 6.46. The standard InChI is InChI=1S/3C10H20O2S.3C4H9.S.2Sn/c3*1-3-5-6-9(4-2)7-12-10(11)8-13;3*1-3-4-2;;;/h3*9,13H,3-8H2,1-2H3;3*1,3-4H2,2H3;;;/q;;;;;;;+1;+2/p-3. The van der Waals surface area contributed by atoms with Crippen molar-refractivity contribution in [1.29, 1.82) is 0 Å². The molecule has 0 N–H and O–H groups in total. The number of carbonyl (C=O) groups excluding carboxylic acids is 3. The first kappa shape index (κ1) is 55.4. The van der Waals surface area contributed by atoms with Gasteiger partial charge in [0.05, 0.1) is 0 Å². The van der Waals surface area contributed by atoms with Crippen LogP contribution in [-0.4, -0.2) is 84.8 Å². The van der Waals surface area contributed by atoms with Gasteiger partial charge in [0.25, 0.3) is 0 Å². The van der Waals surface area contributed by atoms with E-state index in [9.17, 15) is 14.4 Å². The van der Waals surface area contributed by atoms with Crippen LogP contribution in [-0.2, 0) is 28.6 Å². The molecule has 0 spiro atoms. The van der Waals surface area contributed by atoms with Gasteiger partial charge in [-0.25, -0.2) is 0 Å². The van der Waals surface area contributed by atoms with Crippen LogP contribution in [0.3, 0.4) is 0 Å². The van der Waals surface area contributed by atoms with Gasteiger partial charge >= 0.3 is 355 Å². The van der Waals surface area contributed by atoms with E-state index in [0.717, 1.165) is 101 Å². The van der Waals surface area contributed by atoms with Gasteiger partial charge in [0.2, 0.25) is 0 Å². The Morgan fingerprint density at radius 1 is 0.444 bits per heavy atom. The van der Waals surface area contributed by atoms with Crippen LogP contribution in [0, 0.1) is 17.8 Å². The van der Waals surface area contributed by atoms with Crippen molar-refractivity contribution in [2.75, 3.05) is 37.1 Å². The molecule has 0 fully saturated rings. The molecule has 0 saturated carbocycles. The van der Waals surface area contributed by atoms with Crippen LogP contribution in [0.25, 0.3) is 0 Å². The van der Waals surface area contributed by atoms with Crippen LogP contribution in [0.2, 0.25) is 13.3 Å². The van der Waals surface area contributed by atoms with E-state index in [1.54, 1.807) is 0 Å². The summed E-state index contributed by atoms with van der Waals surface area (Å²) in [6, 6.07) is 0. The van der Waals surface area contributed by atoms with Gasteiger partial charge < -0.3 is 0 Å². The first-order valence-corrected chi connectivity index (χ1v) is 49.4. The molecule has 0 heterocycles. The zero-order valence-electron chi connectivity index (χ0n) is 36.4. The van der Waals surface area contributed by atoms with E-state index in [-0.39, 0.29) is 17.9 Å². The average Bonchev–Trinajstić information content (AvgIpc) is 3.19. The van der Waals surface area contributed by atoms with Gasteiger partial charge in [-0.05, 0) is 0 Å². The molecule has 54 heavy (non-hydrogen) atoms. The predicted octanol–water partition coefficient (Wildman–Crippen LogP) is 14.0. The van der Waals surface area contributed by atoms with Gasteiger partial charge in [-0.1, -0.05) is 0 Å². The van der Waals surface area contributed by atoms with Crippen LogP contribution < -0.4 is 0 Å². The molecule has 6 nitrogen and oxygen atoms in total. The summed E-state index contributed by atoms with van der Waals surface area (Å²) in [6.45, 7) is 21.5. The summed E-state index contributed by atoms with van der Waals surface area (Å²) in [5, 5.41) is 0. The summed E-state index contributed by atoms with van der Waals surface area (Å²) >= 11 is -6.60. The van der Waals surface area contributed by atoms with Crippen LogP contribution in [0.15, 0.2) is 0 Å². The molecule has 0 aromatic heterocycles. The Morgan fingerprint density at radius 3 is 1.07 bits per heavy atom. The van der Waals surface area contributed by atoms with E-state index in [1.165, 1.54) is 28.1 Å². The Hall–Kier alpha value is 1.41. The molecule has 0 rings (SSSR count). The normalized spacial score (nSPS) is 14.6. The second-order valence-corrected chi connectivity index (χ2v) is 82.8. The molecular weight excluding hydrogens is 966 g/mol. The van der Waals surface area contributed by atoms with Crippen LogP contribution in [0.1, 0.15) is 178 Å². The molecule has 0 saturated heterocycles. The van der Waals surface area contributed by atoms with Crippen molar-refractivity contribution in [1.82, 2.24) is 0 Å². The first-order valence-electron chi connectivity index (χ1n) is 22.1. The molecular formula is C42H84O6S4Sn2. The zero-order valence-corrected chi connectivity index (χ0v) is 45.4. The predicted molar refractivity (Wildman–Crippen MR) is 248 cm³/mol. The molecule has 320 valence electrons. The molecule has 0 aromatic rings. The Bertz CT molecular complexity index is 902. The van der Waals surface area contributed by atoms with Crippen LogP contribution in [0.4, 0.5) is 0 Å². The average molecular weight is 1050 g/mol. The summed E-state index contributed by atoms with van der Waals surface area (Å²) in [5.41, 5.74) is 0. The van der Waals surface area contributed by atoms with Crippen LogP contribution >= 0.6 is 33.0 Å². The molecule has 12 heteroatoms. The maximum absolute atomic E-state index is 13.5. The molecule has 0 aliphatic rings. The topological polar surface area (TPSA) is 78.9 Å². The third-order valence-electron chi connectivity index (χ3n) is 10.3. The van der Waals surface area contributed by atoms with Crippen molar-refractivity contribution in [2.45, 2.75) is 191 Å². The Morgan fingerprint density at radius 2 is 0.759 bits per heavy atom. The molecule has 0 amide bonds. The molecule has 0 aliphatic heterocycles. The van der Waals surface area contributed by atoms with Gasteiger partial charge in [-0.3, -0.25) is 0 Å². The van der Waals surface area contributed by atoms with Gasteiger partial charge in [-0.15, -0.1) is 0 Å². The van der Waals surface area contributed by atoms with Gasteiger partial charge in [0.1, 0.15) is 0 Å². The number of hydrogen-bond donors (Lipinski definition) is 0. The van der Waals surface area contributed by atoms with Crippen molar-refractivity contribution in [2.24, 2.45) is 17.8 Å². The summed E-state index contributed by atoms with van der Waals surface area (Å²) in [7, 11) is 5.82.